The summed E-state index contributed by atoms with van der Waals surface area (Å²) in [4.78, 5) is 34.6. The molecule has 0 unspecified atom stereocenters. The van der Waals surface area contributed by atoms with Crippen LogP contribution >= 0.6 is 0 Å². The van der Waals surface area contributed by atoms with E-state index in [1.165, 1.54) is 24.3 Å². The number of halogens is 3. The SMILES string of the molecule is Nc1nc(Oc2ccc3c(C(=O)Nc4cc(C(F)(F)F)ccc4O)cccc3n2)cc(=O)[nH]1. The number of pyridine rings is 1. The number of ether oxygens (including phenoxy) is 1. The van der Waals surface area contributed by atoms with Crippen molar-refractivity contribution in [2.45, 2.75) is 6.18 Å². The zero-order chi connectivity index (χ0) is 23.8. The molecule has 4 aromatic rings. The maximum absolute atomic E-state index is 13.0. The first-order valence-electron chi connectivity index (χ1n) is 9.26. The van der Waals surface area contributed by atoms with Crippen molar-refractivity contribution in [2.75, 3.05) is 11.1 Å². The molecular formula is C21H14F3N5O4. The van der Waals surface area contributed by atoms with Crippen LogP contribution in [-0.2, 0) is 6.18 Å². The van der Waals surface area contributed by atoms with Gasteiger partial charge in [-0.2, -0.15) is 18.2 Å². The Morgan fingerprint density at radius 3 is 2.58 bits per heavy atom. The first kappa shape index (κ1) is 21.6. The third-order valence-corrected chi connectivity index (χ3v) is 4.47. The first-order valence-corrected chi connectivity index (χ1v) is 9.26. The van der Waals surface area contributed by atoms with Gasteiger partial charge < -0.3 is 20.9 Å². The van der Waals surface area contributed by atoms with Crippen LogP contribution in [0.1, 0.15) is 15.9 Å². The first-order chi connectivity index (χ1) is 15.6. The van der Waals surface area contributed by atoms with Crippen LogP contribution in [0.5, 0.6) is 17.5 Å². The number of nitrogens with two attached hydrogens (primary N) is 1. The summed E-state index contributed by atoms with van der Waals surface area (Å²) in [6, 6.07) is 10.7. The second kappa shape index (κ2) is 8.15. The molecule has 0 radical (unpaired) electrons. The maximum Gasteiger partial charge on any atom is 0.416 e. The number of alkyl halides is 3. The van der Waals surface area contributed by atoms with Crippen molar-refractivity contribution >= 4 is 28.4 Å². The van der Waals surface area contributed by atoms with Crippen LogP contribution in [0.15, 0.2) is 59.4 Å². The number of carbonyl (C=O) groups is 1. The number of aromatic nitrogens is 3. The highest BCUT2D eigenvalue weighted by atomic mass is 19.4. The molecule has 0 aliphatic rings. The molecule has 2 heterocycles. The fourth-order valence-corrected chi connectivity index (χ4v) is 3.01. The van der Waals surface area contributed by atoms with Crippen molar-refractivity contribution in [1.82, 2.24) is 15.0 Å². The predicted molar refractivity (Wildman–Crippen MR) is 112 cm³/mol. The van der Waals surface area contributed by atoms with Gasteiger partial charge in [0.15, 0.2) is 0 Å². The molecule has 0 bridgehead atoms. The topological polar surface area (TPSA) is 143 Å². The monoisotopic (exact) mass is 457 g/mol. The number of phenols is 1. The normalized spacial score (nSPS) is 11.4. The minimum Gasteiger partial charge on any atom is -0.506 e. The van der Waals surface area contributed by atoms with Crippen molar-refractivity contribution in [3.8, 4) is 17.5 Å². The van der Waals surface area contributed by atoms with Crippen LogP contribution in [0, 0.1) is 0 Å². The van der Waals surface area contributed by atoms with Crippen LogP contribution in [0.25, 0.3) is 10.9 Å². The molecule has 0 aliphatic heterocycles. The standard InChI is InChI=1S/C21H14F3N5O4/c22-21(23,24)10-4-6-15(30)14(8-10)27-19(32)12-2-1-3-13-11(12)5-7-17(26-13)33-18-9-16(31)28-20(25)29-18/h1-9,30H,(H,27,32)(H3,25,28,29,31). The summed E-state index contributed by atoms with van der Waals surface area (Å²) in [5, 5.41) is 12.5. The van der Waals surface area contributed by atoms with Crippen LogP contribution in [0.2, 0.25) is 0 Å². The van der Waals surface area contributed by atoms with E-state index < -0.39 is 34.6 Å². The molecule has 0 aliphatic carbocycles. The lowest BCUT2D eigenvalue weighted by molar-refractivity contribution is -0.137. The van der Waals surface area contributed by atoms with E-state index in [0.29, 0.717) is 23.0 Å². The number of nitrogens with zero attached hydrogens (tertiary/aromatic N) is 2. The molecular weight excluding hydrogens is 443 g/mol. The molecule has 12 heteroatoms. The number of phenolic OH excluding ortho intramolecular Hbond substituents is 1. The number of aromatic hydroxyl groups is 1. The lowest BCUT2D eigenvalue weighted by atomic mass is 10.1. The smallest absolute Gasteiger partial charge is 0.416 e. The number of aromatic amines is 1. The Bertz CT molecular complexity index is 1440. The Kier molecular flexibility index (Phi) is 5.34. The number of anilines is 2. The number of nitrogen functional groups attached to an aromatic ring is 1. The van der Waals surface area contributed by atoms with Crippen molar-refractivity contribution in [3.63, 3.8) is 0 Å². The molecule has 4 rings (SSSR count). The van der Waals surface area contributed by atoms with Crippen molar-refractivity contribution < 1.29 is 27.8 Å². The third-order valence-electron chi connectivity index (χ3n) is 4.47. The molecule has 2 aromatic carbocycles. The van der Waals surface area contributed by atoms with E-state index in [1.54, 1.807) is 6.07 Å². The predicted octanol–water partition coefficient (Wildman–Crippen LogP) is 3.67. The van der Waals surface area contributed by atoms with E-state index in [4.69, 9.17) is 10.5 Å². The van der Waals surface area contributed by atoms with Gasteiger partial charge >= 0.3 is 6.18 Å². The summed E-state index contributed by atoms with van der Waals surface area (Å²) >= 11 is 0. The number of carbonyl (C=O) groups excluding carboxylic acids is 1. The Balaban J connectivity index is 1.64. The molecule has 33 heavy (non-hydrogen) atoms. The Morgan fingerprint density at radius 1 is 1.06 bits per heavy atom. The quantitative estimate of drug-likeness (QED) is 0.342. The average Bonchev–Trinajstić information content (AvgIpc) is 2.73. The molecule has 0 fully saturated rings. The van der Waals surface area contributed by atoms with Crippen LogP contribution in [0.3, 0.4) is 0 Å². The molecule has 168 valence electrons. The summed E-state index contributed by atoms with van der Waals surface area (Å²) in [6.45, 7) is 0. The second-order valence-corrected chi connectivity index (χ2v) is 6.78. The van der Waals surface area contributed by atoms with Gasteiger partial charge in [-0.25, -0.2) is 4.98 Å². The number of rotatable bonds is 4. The molecule has 5 N–H and O–H groups in total. The van der Waals surface area contributed by atoms with Crippen LogP contribution in [-0.4, -0.2) is 26.0 Å². The van der Waals surface area contributed by atoms with E-state index >= 15 is 0 Å². The largest absolute Gasteiger partial charge is 0.506 e. The summed E-state index contributed by atoms with van der Waals surface area (Å²) in [6.07, 6.45) is -4.64. The van der Waals surface area contributed by atoms with E-state index in [2.05, 4.69) is 20.3 Å². The Hall–Kier alpha value is -4.61. The molecule has 1 amide bonds. The zero-order valence-electron chi connectivity index (χ0n) is 16.5. The van der Waals surface area contributed by atoms with Gasteiger partial charge in [0.05, 0.1) is 22.8 Å². The average molecular weight is 457 g/mol. The maximum atomic E-state index is 13.0. The van der Waals surface area contributed by atoms with Gasteiger partial charge in [0, 0.05) is 17.0 Å². The van der Waals surface area contributed by atoms with Gasteiger partial charge in [-0.1, -0.05) is 6.07 Å². The minimum absolute atomic E-state index is 0.0630. The molecule has 2 aromatic heterocycles. The third kappa shape index (κ3) is 4.69. The van der Waals surface area contributed by atoms with Crippen LogP contribution < -0.4 is 21.3 Å². The summed E-state index contributed by atoms with van der Waals surface area (Å²) < 4.78 is 44.3. The van der Waals surface area contributed by atoms with Gasteiger partial charge in [-0.05, 0) is 36.4 Å². The van der Waals surface area contributed by atoms with Gasteiger partial charge in [0.25, 0.3) is 11.5 Å². The fraction of sp³-hybridized carbons (Fsp3) is 0.0476. The molecule has 0 saturated carbocycles. The summed E-state index contributed by atoms with van der Waals surface area (Å²) in [5.41, 5.74) is 3.96. The van der Waals surface area contributed by atoms with Crippen molar-refractivity contribution in [2.24, 2.45) is 0 Å². The van der Waals surface area contributed by atoms with Gasteiger partial charge in [-0.15, -0.1) is 0 Å². The molecule has 0 atom stereocenters. The number of nitrogens with one attached hydrogen (secondary N) is 2. The van der Waals surface area contributed by atoms with Gasteiger partial charge in [0.2, 0.25) is 17.7 Å². The highest BCUT2D eigenvalue weighted by molar-refractivity contribution is 6.12. The summed E-state index contributed by atoms with van der Waals surface area (Å²) in [7, 11) is 0. The minimum atomic E-state index is -4.64. The number of hydrogen-bond donors (Lipinski definition) is 4. The molecule has 9 nitrogen and oxygen atoms in total. The Labute approximate surface area is 182 Å². The number of H-pyrrole nitrogens is 1. The molecule has 0 spiro atoms. The molecule has 0 saturated heterocycles. The highest BCUT2D eigenvalue weighted by Gasteiger charge is 2.31. The lowest BCUT2D eigenvalue weighted by Gasteiger charge is -2.13. The highest BCUT2D eigenvalue weighted by Crippen LogP contribution is 2.35. The number of hydrogen-bond acceptors (Lipinski definition) is 7. The van der Waals surface area contributed by atoms with E-state index in [1.807, 2.05) is 0 Å². The lowest BCUT2D eigenvalue weighted by Crippen LogP contribution is -2.14. The van der Waals surface area contributed by atoms with Gasteiger partial charge in [0.1, 0.15) is 5.75 Å². The van der Waals surface area contributed by atoms with E-state index in [9.17, 15) is 27.9 Å². The number of benzene rings is 2. The fourth-order valence-electron chi connectivity index (χ4n) is 3.01. The summed E-state index contributed by atoms with van der Waals surface area (Å²) in [5.74, 6) is -1.44. The number of amides is 1. The van der Waals surface area contributed by atoms with Crippen LogP contribution in [0.4, 0.5) is 24.8 Å². The van der Waals surface area contributed by atoms with Crippen molar-refractivity contribution in [1.29, 1.82) is 0 Å². The Morgan fingerprint density at radius 2 is 1.85 bits per heavy atom. The second-order valence-electron chi connectivity index (χ2n) is 6.78. The van der Waals surface area contributed by atoms with Crippen molar-refractivity contribution in [3.05, 3.63) is 76.1 Å². The number of fused-ring (bicyclic) bond motifs is 1. The van der Waals surface area contributed by atoms with E-state index in [-0.39, 0.29) is 23.3 Å². The van der Waals surface area contributed by atoms with E-state index in [0.717, 1.165) is 12.1 Å². The zero-order valence-corrected chi connectivity index (χ0v) is 16.5. The van der Waals surface area contributed by atoms with Gasteiger partial charge in [-0.3, -0.25) is 14.6 Å².